The van der Waals surface area contributed by atoms with Crippen LogP contribution in [0, 0.1) is 0 Å². The monoisotopic (exact) mass is 1100 g/mol. The van der Waals surface area contributed by atoms with Gasteiger partial charge in [-0.2, -0.15) is 0 Å². The average molecular weight is 1100 g/mol. The molecule has 0 aliphatic carbocycles. The fraction of sp³-hybridized carbons (Fsp3) is 0.795. The summed E-state index contributed by atoms with van der Waals surface area (Å²) < 4.78 is 17.0. The highest BCUT2D eigenvalue weighted by Crippen LogP contribution is 2.18. The topological polar surface area (TPSA) is 78.9 Å². The third kappa shape index (κ3) is 65.5. The molecule has 0 rings (SSSR count). The van der Waals surface area contributed by atoms with Crippen molar-refractivity contribution < 1.29 is 28.6 Å². The van der Waals surface area contributed by atoms with Crippen molar-refractivity contribution in [3.05, 3.63) is 72.9 Å². The molecule has 0 bridgehead atoms. The van der Waals surface area contributed by atoms with Gasteiger partial charge in [-0.1, -0.05) is 318 Å². The van der Waals surface area contributed by atoms with Crippen LogP contribution in [0.15, 0.2) is 72.9 Å². The molecular formula is C73H130O6. The highest BCUT2D eigenvalue weighted by Gasteiger charge is 2.19. The molecule has 0 radical (unpaired) electrons. The molecule has 1 atom stereocenters. The smallest absolute Gasteiger partial charge is 0.306 e. The van der Waals surface area contributed by atoms with Crippen molar-refractivity contribution in [1.29, 1.82) is 0 Å². The number of unbranched alkanes of at least 4 members (excludes halogenated alkanes) is 40. The molecular weight excluding hydrogens is 973 g/mol. The molecule has 0 N–H and O–H groups in total. The molecule has 0 aliphatic heterocycles. The van der Waals surface area contributed by atoms with E-state index in [-0.39, 0.29) is 31.1 Å². The van der Waals surface area contributed by atoms with E-state index in [2.05, 4.69) is 93.7 Å². The van der Waals surface area contributed by atoms with E-state index in [1.807, 2.05) is 0 Å². The quantitative estimate of drug-likeness (QED) is 0.0261. The minimum Gasteiger partial charge on any atom is -0.462 e. The van der Waals surface area contributed by atoms with Crippen LogP contribution in [0.4, 0.5) is 0 Å². The van der Waals surface area contributed by atoms with Crippen LogP contribution in [-0.2, 0) is 28.6 Å². The lowest BCUT2D eigenvalue weighted by atomic mass is 10.0. The molecule has 0 aromatic rings. The summed E-state index contributed by atoms with van der Waals surface area (Å²) in [4.78, 5) is 38.5. The maximum absolute atomic E-state index is 12.9. The fourth-order valence-electron chi connectivity index (χ4n) is 10.1. The Hall–Kier alpha value is -3.15. The maximum Gasteiger partial charge on any atom is 0.306 e. The Labute approximate surface area is 491 Å². The molecule has 0 aliphatic rings. The van der Waals surface area contributed by atoms with E-state index in [1.54, 1.807) is 0 Å². The predicted molar refractivity (Wildman–Crippen MR) is 344 cm³/mol. The molecule has 6 nitrogen and oxygen atoms in total. The number of hydrogen-bond donors (Lipinski definition) is 0. The van der Waals surface area contributed by atoms with Gasteiger partial charge < -0.3 is 14.2 Å². The van der Waals surface area contributed by atoms with Gasteiger partial charge in [0.05, 0.1) is 0 Å². The third-order valence-corrected chi connectivity index (χ3v) is 15.2. The molecule has 6 heteroatoms. The van der Waals surface area contributed by atoms with Gasteiger partial charge in [-0.15, -0.1) is 0 Å². The molecule has 0 aromatic carbocycles. The molecule has 0 heterocycles. The first-order chi connectivity index (χ1) is 39.0. The summed E-state index contributed by atoms with van der Waals surface area (Å²) in [5.74, 6) is -0.857. The predicted octanol–water partition coefficient (Wildman–Crippen LogP) is 23.7. The normalized spacial score (nSPS) is 12.5. The Morgan fingerprint density at radius 2 is 0.494 bits per heavy atom. The van der Waals surface area contributed by atoms with Gasteiger partial charge in [0.15, 0.2) is 6.10 Å². The Kier molecular flexibility index (Phi) is 64.7. The second kappa shape index (κ2) is 67.4. The lowest BCUT2D eigenvalue weighted by molar-refractivity contribution is -0.167. The molecule has 1 unspecified atom stereocenters. The van der Waals surface area contributed by atoms with E-state index in [1.165, 1.54) is 225 Å². The number of esters is 3. The minimum atomic E-state index is -0.778. The lowest BCUT2D eigenvalue weighted by Crippen LogP contribution is -2.30. The van der Waals surface area contributed by atoms with Crippen LogP contribution in [0.2, 0.25) is 0 Å². The largest absolute Gasteiger partial charge is 0.462 e. The Bertz CT molecular complexity index is 1450. The van der Waals surface area contributed by atoms with Crippen LogP contribution in [-0.4, -0.2) is 37.2 Å². The summed E-state index contributed by atoms with van der Waals surface area (Å²) >= 11 is 0. The molecule has 79 heavy (non-hydrogen) atoms. The standard InChI is InChI=1S/C73H130O6/c1-4-7-10-13-16-19-22-25-28-31-33-34-35-36-37-38-40-42-45-48-51-54-57-60-63-66-72(75)78-69-70(68-77-71(74)65-62-59-56-53-50-47-44-41-30-27-24-21-18-15-12-9-6-3)79-73(76)67-64-61-58-55-52-49-46-43-39-32-29-26-23-20-17-14-11-8-5-2/h7,10,16-17,19-20,25-26,28-29,33-34,70H,4-6,8-9,11-15,18,21-24,27,30-32,35-69H2,1-3H3/b10-7-,19-16-,20-17-,28-25-,29-26-,34-33-. The number of rotatable bonds is 63. The maximum atomic E-state index is 12.9. The van der Waals surface area contributed by atoms with E-state index in [9.17, 15) is 14.4 Å². The van der Waals surface area contributed by atoms with Crippen LogP contribution in [0.5, 0.6) is 0 Å². The van der Waals surface area contributed by atoms with Gasteiger partial charge in [0.1, 0.15) is 13.2 Å². The Balaban J connectivity index is 4.32. The van der Waals surface area contributed by atoms with Crippen molar-refractivity contribution in [3.63, 3.8) is 0 Å². The molecule has 0 spiro atoms. The number of ether oxygens (including phenoxy) is 3. The fourth-order valence-corrected chi connectivity index (χ4v) is 10.1. The second-order valence-corrected chi connectivity index (χ2v) is 23.1. The zero-order chi connectivity index (χ0) is 57.1. The first-order valence-electron chi connectivity index (χ1n) is 34.4. The van der Waals surface area contributed by atoms with Crippen molar-refractivity contribution in [2.24, 2.45) is 0 Å². The first kappa shape index (κ1) is 75.8. The van der Waals surface area contributed by atoms with Crippen LogP contribution in [0.25, 0.3) is 0 Å². The van der Waals surface area contributed by atoms with Gasteiger partial charge in [-0.05, 0) is 89.9 Å². The van der Waals surface area contributed by atoms with Gasteiger partial charge in [0.2, 0.25) is 0 Å². The Morgan fingerprint density at radius 1 is 0.266 bits per heavy atom. The van der Waals surface area contributed by atoms with Gasteiger partial charge in [0, 0.05) is 19.3 Å². The van der Waals surface area contributed by atoms with E-state index >= 15 is 0 Å². The zero-order valence-electron chi connectivity index (χ0n) is 52.6. The number of carbonyl (C=O) groups is 3. The van der Waals surface area contributed by atoms with Gasteiger partial charge in [-0.3, -0.25) is 14.4 Å². The van der Waals surface area contributed by atoms with Crippen molar-refractivity contribution in [1.82, 2.24) is 0 Å². The summed E-state index contributed by atoms with van der Waals surface area (Å²) in [7, 11) is 0. The SMILES string of the molecule is CC/C=C\C/C=C\C/C=C\C/C=C\CCCCCCCCCCCCCCC(=O)OCC(COC(=O)CCCCCCCCCCCCCCCCCCC)OC(=O)CCCCCCCCCCC/C=C\C/C=C\CCCCC. The molecule has 0 aromatic heterocycles. The van der Waals surface area contributed by atoms with Gasteiger partial charge in [-0.25, -0.2) is 0 Å². The Morgan fingerprint density at radius 3 is 0.797 bits per heavy atom. The number of allylic oxidation sites excluding steroid dienone is 12. The van der Waals surface area contributed by atoms with Crippen LogP contribution in [0.3, 0.4) is 0 Å². The van der Waals surface area contributed by atoms with Crippen molar-refractivity contribution >= 4 is 17.9 Å². The van der Waals surface area contributed by atoms with E-state index in [4.69, 9.17) is 14.2 Å². The van der Waals surface area contributed by atoms with Crippen LogP contribution >= 0.6 is 0 Å². The molecule has 0 amide bonds. The summed E-state index contributed by atoms with van der Waals surface area (Å²) in [5.41, 5.74) is 0. The van der Waals surface area contributed by atoms with Crippen LogP contribution in [0.1, 0.15) is 355 Å². The average Bonchev–Trinajstić information content (AvgIpc) is 3.45. The molecule has 0 fully saturated rings. The summed E-state index contributed by atoms with van der Waals surface area (Å²) in [6, 6.07) is 0. The molecule has 0 saturated heterocycles. The summed E-state index contributed by atoms with van der Waals surface area (Å²) in [5, 5.41) is 0. The highest BCUT2D eigenvalue weighted by molar-refractivity contribution is 5.71. The van der Waals surface area contributed by atoms with Gasteiger partial charge in [0.25, 0.3) is 0 Å². The van der Waals surface area contributed by atoms with E-state index < -0.39 is 6.10 Å². The number of carbonyl (C=O) groups excluding carboxylic acids is 3. The van der Waals surface area contributed by atoms with Crippen LogP contribution < -0.4 is 0 Å². The van der Waals surface area contributed by atoms with E-state index in [0.717, 1.165) is 89.9 Å². The van der Waals surface area contributed by atoms with E-state index in [0.29, 0.717) is 19.3 Å². The second-order valence-electron chi connectivity index (χ2n) is 23.1. The van der Waals surface area contributed by atoms with Crippen molar-refractivity contribution in [2.45, 2.75) is 361 Å². The molecule has 458 valence electrons. The van der Waals surface area contributed by atoms with Crippen molar-refractivity contribution in [3.8, 4) is 0 Å². The van der Waals surface area contributed by atoms with Crippen molar-refractivity contribution in [2.75, 3.05) is 13.2 Å². The molecule has 0 saturated carbocycles. The minimum absolute atomic E-state index is 0.0731. The highest BCUT2D eigenvalue weighted by atomic mass is 16.6. The van der Waals surface area contributed by atoms with Gasteiger partial charge >= 0.3 is 17.9 Å². The summed E-state index contributed by atoms with van der Waals surface area (Å²) in [6.45, 7) is 6.56. The zero-order valence-corrected chi connectivity index (χ0v) is 52.6. The number of hydrogen-bond acceptors (Lipinski definition) is 6. The lowest BCUT2D eigenvalue weighted by Gasteiger charge is -2.18. The summed E-state index contributed by atoms with van der Waals surface area (Å²) in [6.07, 6.45) is 87.7. The third-order valence-electron chi connectivity index (χ3n) is 15.2. The first-order valence-corrected chi connectivity index (χ1v) is 34.4.